The molecular weight excluding hydrogens is 352 g/mol. The molecule has 0 aliphatic rings. The second kappa shape index (κ2) is 9.33. The van der Waals surface area contributed by atoms with E-state index in [-0.39, 0.29) is 0 Å². The predicted molar refractivity (Wildman–Crippen MR) is 98.2 cm³/mol. The summed E-state index contributed by atoms with van der Waals surface area (Å²) in [6.07, 6.45) is -0.816. The summed E-state index contributed by atoms with van der Waals surface area (Å²) in [7, 11) is 4.54. The van der Waals surface area contributed by atoms with Gasteiger partial charge in [-0.25, -0.2) is 0 Å². The second-order valence-corrected chi connectivity index (χ2v) is 5.45. The van der Waals surface area contributed by atoms with E-state index in [0.717, 1.165) is 0 Å². The molecule has 0 aliphatic carbocycles. The summed E-state index contributed by atoms with van der Waals surface area (Å²) < 4.78 is 20.9. The van der Waals surface area contributed by atoms with Gasteiger partial charge in [-0.3, -0.25) is 20.4 Å². The smallest absolute Gasteiger partial charge is 0.279 e. The van der Waals surface area contributed by atoms with E-state index in [9.17, 15) is 9.59 Å². The summed E-state index contributed by atoms with van der Waals surface area (Å²) in [5.41, 5.74) is 4.97. The van der Waals surface area contributed by atoms with Crippen LogP contribution in [0.3, 0.4) is 0 Å². The number of nitrogens with one attached hydrogen (secondary N) is 2. The van der Waals surface area contributed by atoms with Crippen LogP contribution in [0.25, 0.3) is 0 Å². The third-order valence-corrected chi connectivity index (χ3v) is 3.69. The molecule has 0 spiro atoms. The van der Waals surface area contributed by atoms with Crippen molar-refractivity contribution in [1.29, 1.82) is 0 Å². The van der Waals surface area contributed by atoms with Crippen LogP contribution in [-0.4, -0.2) is 39.2 Å². The first kappa shape index (κ1) is 19.9. The molecule has 0 fully saturated rings. The van der Waals surface area contributed by atoms with Gasteiger partial charge in [-0.05, 0) is 49.4 Å². The minimum absolute atomic E-state index is 0.302. The average Bonchev–Trinajstić information content (AvgIpc) is 2.71. The molecule has 0 radical (unpaired) electrons. The summed E-state index contributed by atoms with van der Waals surface area (Å²) in [5, 5.41) is 0. The van der Waals surface area contributed by atoms with Crippen molar-refractivity contribution < 1.29 is 28.5 Å². The number of hydrogen-bond acceptors (Lipinski definition) is 6. The van der Waals surface area contributed by atoms with Crippen LogP contribution in [0, 0.1) is 0 Å². The van der Waals surface area contributed by atoms with E-state index in [0.29, 0.717) is 28.6 Å². The number of methoxy groups -OCH3 is 3. The maximum Gasteiger partial charge on any atom is 0.279 e. The lowest BCUT2D eigenvalue weighted by Crippen LogP contribution is -2.47. The number of benzene rings is 2. The molecule has 0 saturated carbocycles. The third kappa shape index (κ3) is 5.27. The van der Waals surface area contributed by atoms with E-state index < -0.39 is 17.9 Å². The molecule has 0 saturated heterocycles. The highest BCUT2D eigenvalue weighted by atomic mass is 16.5. The van der Waals surface area contributed by atoms with Crippen LogP contribution in [0.2, 0.25) is 0 Å². The number of ether oxygens (including phenoxy) is 4. The molecule has 0 aromatic heterocycles. The van der Waals surface area contributed by atoms with Gasteiger partial charge < -0.3 is 18.9 Å². The van der Waals surface area contributed by atoms with Crippen LogP contribution in [0.15, 0.2) is 42.5 Å². The maximum absolute atomic E-state index is 12.2. The van der Waals surface area contributed by atoms with Gasteiger partial charge in [-0.2, -0.15) is 0 Å². The number of carbonyl (C=O) groups is 2. The summed E-state index contributed by atoms with van der Waals surface area (Å²) in [6.45, 7) is 1.57. The van der Waals surface area contributed by atoms with Gasteiger partial charge in [0.1, 0.15) is 11.5 Å². The van der Waals surface area contributed by atoms with Crippen molar-refractivity contribution in [2.45, 2.75) is 13.0 Å². The van der Waals surface area contributed by atoms with E-state index in [1.54, 1.807) is 50.4 Å². The molecule has 2 N–H and O–H groups in total. The van der Waals surface area contributed by atoms with Crippen molar-refractivity contribution in [2.24, 2.45) is 0 Å². The number of hydrazine groups is 1. The lowest BCUT2D eigenvalue weighted by molar-refractivity contribution is -0.128. The third-order valence-electron chi connectivity index (χ3n) is 3.69. The lowest BCUT2D eigenvalue weighted by Gasteiger charge is -2.15. The first-order valence-electron chi connectivity index (χ1n) is 8.11. The Bertz CT molecular complexity index is 791. The fraction of sp³-hybridized carbons (Fsp3) is 0.263. The summed E-state index contributed by atoms with van der Waals surface area (Å²) in [5.74, 6) is 1.10. The van der Waals surface area contributed by atoms with Gasteiger partial charge in [0.2, 0.25) is 0 Å². The van der Waals surface area contributed by atoms with Gasteiger partial charge in [0, 0.05) is 5.56 Å². The summed E-state index contributed by atoms with van der Waals surface area (Å²) in [6, 6.07) is 11.5. The van der Waals surface area contributed by atoms with Gasteiger partial charge in [0.15, 0.2) is 17.6 Å². The Hall–Kier alpha value is -3.42. The van der Waals surface area contributed by atoms with E-state index in [2.05, 4.69) is 10.9 Å². The summed E-state index contributed by atoms with van der Waals surface area (Å²) >= 11 is 0. The number of rotatable bonds is 7. The van der Waals surface area contributed by atoms with Crippen LogP contribution in [0.1, 0.15) is 17.3 Å². The highest BCUT2D eigenvalue weighted by Crippen LogP contribution is 2.27. The van der Waals surface area contributed by atoms with Crippen LogP contribution >= 0.6 is 0 Å². The summed E-state index contributed by atoms with van der Waals surface area (Å²) in [4.78, 5) is 24.3. The second-order valence-electron chi connectivity index (χ2n) is 5.45. The Morgan fingerprint density at radius 2 is 1.44 bits per heavy atom. The van der Waals surface area contributed by atoms with E-state index in [1.807, 2.05) is 0 Å². The van der Waals surface area contributed by atoms with E-state index >= 15 is 0 Å². The van der Waals surface area contributed by atoms with Crippen LogP contribution in [0.4, 0.5) is 0 Å². The van der Waals surface area contributed by atoms with Crippen LogP contribution in [-0.2, 0) is 4.79 Å². The standard InChI is InChI=1S/C19H22N2O6/c1-12(27-15-8-6-14(24-2)7-9-15)18(22)20-21-19(23)13-5-10-16(25-3)17(11-13)26-4/h5-12H,1-4H3,(H,20,22)(H,21,23). The van der Waals surface area contributed by atoms with Crippen molar-refractivity contribution in [3.63, 3.8) is 0 Å². The molecule has 2 rings (SSSR count). The van der Waals surface area contributed by atoms with Gasteiger partial charge in [0.05, 0.1) is 21.3 Å². The molecule has 0 bridgehead atoms. The monoisotopic (exact) mass is 374 g/mol. The Balaban J connectivity index is 1.90. The van der Waals surface area contributed by atoms with Crippen molar-refractivity contribution in [3.05, 3.63) is 48.0 Å². The zero-order valence-electron chi connectivity index (χ0n) is 15.6. The Morgan fingerprint density at radius 3 is 2.04 bits per heavy atom. The Morgan fingerprint density at radius 1 is 0.815 bits per heavy atom. The van der Waals surface area contributed by atoms with Gasteiger partial charge in [0.25, 0.3) is 11.8 Å². The first-order chi connectivity index (χ1) is 13.0. The predicted octanol–water partition coefficient (Wildman–Crippen LogP) is 1.94. The fourth-order valence-corrected chi connectivity index (χ4v) is 2.18. The highest BCUT2D eigenvalue weighted by molar-refractivity contribution is 5.96. The molecule has 27 heavy (non-hydrogen) atoms. The zero-order chi connectivity index (χ0) is 19.8. The molecule has 8 nitrogen and oxygen atoms in total. The van der Waals surface area contributed by atoms with Crippen molar-refractivity contribution in [2.75, 3.05) is 21.3 Å². The molecular formula is C19H22N2O6. The Labute approximate surface area is 157 Å². The van der Waals surface area contributed by atoms with Gasteiger partial charge in [-0.15, -0.1) is 0 Å². The van der Waals surface area contributed by atoms with Crippen molar-refractivity contribution in [1.82, 2.24) is 10.9 Å². The lowest BCUT2D eigenvalue weighted by atomic mass is 10.2. The minimum Gasteiger partial charge on any atom is -0.497 e. The molecule has 0 heterocycles. The highest BCUT2D eigenvalue weighted by Gasteiger charge is 2.17. The largest absolute Gasteiger partial charge is 0.497 e. The zero-order valence-corrected chi connectivity index (χ0v) is 15.6. The maximum atomic E-state index is 12.2. The fourth-order valence-electron chi connectivity index (χ4n) is 2.18. The van der Waals surface area contributed by atoms with Crippen molar-refractivity contribution in [3.8, 4) is 23.0 Å². The average molecular weight is 374 g/mol. The number of hydrogen-bond donors (Lipinski definition) is 2. The molecule has 8 heteroatoms. The Kier molecular flexibility index (Phi) is 6.87. The van der Waals surface area contributed by atoms with Crippen molar-refractivity contribution >= 4 is 11.8 Å². The molecule has 2 aromatic carbocycles. The van der Waals surface area contributed by atoms with Gasteiger partial charge >= 0.3 is 0 Å². The molecule has 2 amide bonds. The quantitative estimate of drug-likeness (QED) is 0.719. The van der Waals surface area contributed by atoms with Crippen LogP contribution in [0.5, 0.6) is 23.0 Å². The normalized spacial score (nSPS) is 11.1. The minimum atomic E-state index is -0.816. The molecule has 0 aliphatic heterocycles. The molecule has 2 aromatic rings. The van der Waals surface area contributed by atoms with E-state index in [4.69, 9.17) is 18.9 Å². The number of carbonyl (C=O) groups excluding carboxylic acids is 2. The molecule has 1 atom stereocenters. The van der Waals surface area contributed by atoms with Crippen LogP contribution < -0.4 is 29.8 Å². The molecule has 1 unspecified atom stereocenters. The molecule has 144 valence electrons. The van der Waals surface area contributed by atoms with Gasteiger partial charge in [-0.1, -0.05) is 0 Å². The number of amides is 2. The first-order valence-corrected chi connectivity index (χ1v) is 8.11. The SMILES string of the molecule is COc1ccc(OC(C)C(=O)NNC(=O)c2ccc(OC)c(OC)c2)cc1. The van der Waals surface area contributed by atoms with E-state index in [1.165, 1.54) is 20.3 Å². The topological polar surface area (TPSA) is 95.1 Å².